The number of fused-ring (bicyclic) bond motifs is 2. The topological polar surface area (TPSA) is 188 Å². The third-order valence-electron chi connectivity index (χ3n) is 8.72. The number of aryl methyl sites for hydroxylation is 2. The van der Waals surface area contributed by atoms with E-state index in [1.165, 1.54) is 0 Å². The number of carbonyl (C=O) groups is 2. The Kier molecular flexibility index (Phi) is 8.43. The molecule has 0 unspecified atom stereocenters. The van der Waals surface area contributed by atoms with E-state index in [4.69, 9.17) is 11.5 Å². The number of alkyl halides is 2. The lowest BCUT2D eigenvalue weighted by Crippen LogP contribution is -2.15. The number of halogens is 2. The average molecular weight is 675 g/mol. The lowest BCUT2D eigenvalue weighted by molar-refractivity contribution is -0.118. The fraction of sp³-hybridized carbons (Fsp3) is 0.222. The fourth-order valence-electron chi connectivity index (χ4n) is 5.53. The zero-order chi connectivity index (χ0) is 35.1. The molecule has 50 heavy (non-hydrogen) atoms. The standard InChI is InChI=1S/2C18H16FN5O/c2*1-9-2-3-21-7-12(9)15-4-10-5-16(22-8-13(10)17(20)23-15)24-18(25)11-6-14(11)19/h2*2-5,7-8,11,14H,6H2,1H3,(H2,20,23)(H,22,24,25)/t2*11-,14-/m10/s1. The first-order chi connectivity index (χ1) is 24.0. The van der Waals surface area contributed by atoms with Crippen molar-refractivity contribution in [2.45, 2.75) is 39.0 Å². The van der Waals surface area contributed by atoms with Gasteiger partial charge in [0, 0.05) is 59.1 Å². The molecule has 0 spiro atoms. The molecule has 2 aliphatic carbocycles. The van der Waals surface area contributed by atoms with Crippen LogP contribution in [0.25, 0.3) is 44.1 Å². The van der Waals surface area contributed by atoms with Crippen LogP contribution in [0.3, 0.4) is 0 Å². The Morgan fingerprint density at radius 1 is 0.680 bits per heavy atom. The van der Waals surface area contributed by atoms with E-state index in [1.807, 2.05) is 38.1 Å². The number of aromatic nitrogens is 6. The number of hydrogen-bond acceptors (Lipinski definition) is 10. The average Bonchev–Trinajstić information content (AvgIpc) is 4.02. The normalized spacial score (nSPS) is 19.0. The van der Waals surface area contributed by atoms with Crippen LogP contribution in [-0.2, 0) is 9.59 Å². The summed E-state index contributed by atoms with van der Waals surface area (Å²) in [7, 11) is 0. The second-order valence-electron chi connectivity index (χ2n) is 12.4. The van der Waals surface area contributed by atoms with Gasteiger partial charge >= 0.3 is 0 Å². The number of nitrogens with one attached hydrogen (secondary N) is 2. The highest BCUT2D eigenvalue weighted by atomic mass is 19.1. The van der Waals surface area contributed by atoms with Crippen LogP contribution >= 0.6 is 0 Å². The van der Waals surface area contributed by atoms with Crippen molar-refractivity contribution in [1.82, 2.24) is 29.9 Å². The number of anilines is 4. The lowest BCUT2D eigenvalue weighted by atomic mass is 10.1. The second kappa shape index (κ2) is 13.0. The molecular weight excluding hydrogens is 642 g/mol. The molecule has 0 aliphatic heterocycles. The van der Waals surface area contributed by atoms with Crippen molar-refractivity contribution in [3.8, 4) is 22.5 Å². The molecule has 12 nitrogen and oxygen atoms in total. The molecule has 252 valence electrons. The van der Waals surface area contributed by atoms with Gasteiger partial charge in [-0.15, -0.1) is 0 Å². The molecule has 6 N–H and O–H groups in total. The number of pyridine rings is 6. The number of rotatable bonds is 6. The molecule has 2 fully saturated rings. The van der Waals surface area contributed by atoms with Gasteiger partial charge in [0.2, 0.25) is 11.8 Å². The highest BCUT2D eigenvalue weighted by molar-refractivity contribution is 6.00. The van der Waals surface area contributed by atoms with E-state index in [-0.39, 0.29) is 24.7 Å². The van der Waals surface area contributed by atoms with Crippen molar-refractivity contribution in [2.24, 2.45) is 11.8 Å². The van der Waals surface area contributed by atoms with Gasteiger partial charge in [0.25, 0.3) is 0 Å². The predicted molar refractivity (Wildman–Crippen MR) is 187 cm³/mol. The first kappa shape index (κ1) is 32.4. The van der Waals surface area contributed by atoms with Crippen LogP contribution in [0.5, 0.6) is 0 Å². The van der Waals surface area contributed by atoms with Gasteiger partial charge in [-0.1, -0.05) is 0 Å². The molecule has 14 heteroatoms. The Morgan fingerprint density at radius 2 is 1.08 bits per heavy atom. The summed E-state index contributed by atoms with van der Waals surface area (Å²) in [6.45, 7) is 3.95. The Labute approximate surface area is 284 Å². The summed E-state index contributed by atoms with van der Waals surface area (Å²) in [5.74, 6) is -0.358. The molecule has 6 aromatic heterocycles. The number of nitrogens with zero attached hydrogens (tertiary/aromatic N) is 6. The van der Waals surface area contributed by atoms with E-state index < -0.39 is 24.2 Å². The highest BCUT2D eigenvalue weighted by Crippen LogP contribution is 2.36. The van der Waals surface area contributed by atoms with E-state index in [9.17, 15) is 18.4 Å². The molecule has 2 saturated carbocycles. The van der Waals surface area contributed by atoms with Gasteiger partial charge in [-0.2, -0.15) is 0 Å². The minimum absolute atomic E-state index is 0.278. The van der Waals surface area contributed by atoms with E-state index in [0.29, 0.717) is 45.4 Å². The van der Waals surface area contributed by atoms with E-state index in [0.717, 1.165) is 33.0 Å². The zero-order valence-corrected chi connectivity index (χ0v) is 27.1. The van der Waals surface area contributed by atoms with Crippen LogP contribution < -0.4 is 22.1 Å². The number of amides is 2. The van der Waals surface area contributed by atoms with Crippen molar-refractivity contribution in [1.29, 1.82) is 0 Å². The molecule has 0 aromatic carbocycles. The van der Waals surface area contributed by atoms with Gasteiger partial charge in [0.1, 0.15) is 35.6 Å². The van der Waals surface area contributed by atoms with Gasteiger partial charge in [-0.05, 0) is 85.0 Å². The molecule has 2 amide bonds. The van der Waals surface area contributed by atoms with Gasteiger partial charge < -0.3 is 22.1 Å². The second-order valence-corrected chi connectivity index (χ2v) is 12.4. The fourth-order valence-corrected chi connectivity index (χ4v) is 5.53. The van der Waals surface area contributed by atoms with Crippen molar-refractivity contribution in [3.63, 3.8) is 0 Å². The SMILES string of the molecule is Cc1ccncc1-c1cc2cc(NC(=O)[C@@H]3C[C@H]3F)ncc2c(N)n1.Cc1ccncc1-c1cc2cc(NC(=O)[C@H]3C[C@@H]3F)ncc2c(N)n1. The van der Waals surface area contributed by atoms with E-state index in [2.05, 4.69) is 40.5 Å². The molecule has 8 rings (SSSR count). The Morgan fingerprint density at radius 3 is 1.44 bits per heavy atom. The summed E-state index contributed by atoms with van der Waals surface area (Å²) in [4.78, 5) is 49.3. The summed E-state index contributed by atoms with van der Waals surface area (Å²) < 4.78 is 26.0. The Hall–Kier alpha value is -6.18. The molecule has 2 aliphatic rings. The van der Waals surface area contributed by atoms with Crippen LogP contribution in [0.2, 0.25) is 0 Å². The maximum absolute atomic E-state index is 13.0. The molecule has 0 saturated heterocycles. The largest absolute Gasteiger partial charge is 0.383 e. The maximum atomic E-state index is 13.0. The quantitative estimate of drug-likeness (QED) is 0.169. The first-order valence-electron chi connectivity index (χ1n) is 15.9. The van der Waals surface area contributed by atoms with E-state index in [1.54, 1.807) is 49.3 Å². The Balaban J connectivity index is 0.000000157. The van der Waals surface area contributed by atoms with Crippen LogP contribution in [0.4, 0.5) is 32.1 Å². The van der Waals surface area contributed by atoms with Gasteiger partial charge in [-0.25, -0.2) is 28.7 Å². The molecule has 0 radical (unpaired) electrons. The third-order valence-corrected chi connectivity index (χ3v) is 8.72. The van der Waals surface area contributed by atoms with Crippen LogP contribution in [-0.4, -0.2) is 54.1 Å². The molecular formula is C36H32F2N10O2. The zero-order valence-electron chi connectivity index (χ0n) is 27.1. The van der Waals surface area contributed by atoms with Crippen molar-refractivity contribution in [3.05, 3.63) is 84.7 Å². The van der Waals surface area contributed by atoms with Crippen LogP contribution in [0.15, 0.2) is 73.6 Å². The lowest BCUT2D eigenvalue weighted by Gasteiger charge is -2.10. The van der Waals surface area contributed by atoms with E-state index >= 15 is 0 Å². The molecule has 0 bridgehead atoms. The first-order valence-corrected chi connectivity index (χ1v) is 15.9. The number of nitrogen functional groups attached to an aromatic ring is 2. The summed E-state index contributed by atoms with van der Waals surface area (Å²) in [6, 6.07) is 11.0. The molecule has 6 heterocycles. The third kappa shape index (κ3) is 6.72. The van der Waals surface area contributed by atoms with Gasteiger partial charge in [0.15, 0.2) is 0 Å². The minimum Gasteiger partial charge on any atom is -0.383 e. The summed E-state index contributed by atoms with van der Waals surface area (Å²) in [6.07, 6.45) is 8.51. The van der Waals surface area contributed by atoms with Crippen molar-refractivity contribution < 1.29 is 18.4 Å². The number of carbonyl (C=O) groups excluding carboxylic acids is 2. The summed E-state index contributed by atoms with van der Waals surface area (Å²) in [5.41, 5.74) is 17.4. The van der Waals surface area contributed by atoms with Gasteiger partial charge in [-0.3, -0.25) is 19.6 Å². The molecule has 6 aromatic rings. The van der Waals surface area contributed by atoms with Crippen molar-refractivity contribution in [2.75, 3.05) is 22.1 Å². The number of nitrogens with two attached hydrogens (primary N) is 2. The summed E-state index contributed by atoms with van der Waals surface area (Å²) >= 11 is 0. The predicted octanol–water partition coefficient (Wildman–Crippen LogP) is 5.76. The summed E-state index contributed by atoms with van der Waals surface area (Å²) in [5, 5.41) is 8.28. The minimum atomic E-state index is -1.04. The van der Waals surface area contributed by atoms with Crippen molar-refractivity contribution >= 4 is 56.6 Å². The van der Waals surface area contributed by atoms with Crippen LogP contribution in [0, 0.1) is 25.7 Å². The smallest absolute Gasteiger partial charge is 0.231 e. The highest BCUT2D eigenvalue weighted by Gasteiger charge is 2.44. The monoisotopic (exact) mass is 674 g/mol. The van der Waals surface area contributed by atoms with Crippen LogP contribution in [0.1, 0.15) is 24.0 Å². The van der Waals surface area contributed by atoms with Gasteiger partial charge in [0.05, 0.1) is 23.2 Å². The maximum Gasteiger partial charge on any atom is 0.231 e. The number of hydrogen-bond donors (Lipinski definition) is 4. The Bertz CT molecular complexity index is 2140. The molecule has 4 atom stereocenters.